The Morgan fingerprint density at radius 2 is 2.00 bits per heavy atom. The van der Waals surface area contributed by atoms with E-state index < -0.39 is 0 Å². The second-order valence-corrected chi connectivity index (χ2v) is 4.78. The molecule has 0 saturated carbocycles. The molecule has 0 fully saturated rings. The molecule has 0 bridgehead atoms. The topological polar surface area (TPSA) is 46.3 Å². The average Bonchev–Trinajstić information content (AvgIpc) is 2.40. The lowest BCUT2D eigenvalue weighted by Gasteiger charge is -2.24. The first kappa shape index (κ1) is 14.7. The van der Waals surface area contributed by atoms with E-state index in [4.69, 9.17) is 5.73 Å². The Hall–Kier alpha value is -1.35. The number of carbonyl (C=O) groups excluding carboxylic acids is 1. The molecule has 3 nitrogen and oxygen atoms in total. The maximum Gasteiger partial charge on any atom is 0.227 e. The molecule has 0 aliphatic rings. The summed E-state index contributed by atoms with van der Waals surface area (Å²) in [5, 5.41) is 0. The first-order valence-electron chi connectivity index (χ1n) is 6.74. The van der Waals surface area contributed by atoms with Gasteiger partial charge in [0.1, 0.15) is 0 Å². The minimum atomic E-state index is 0.174. The standard InChI is InChI=1S/C15H24N2O/c1-3-4-10-17(14-8-6-5-7-9-14)15(18)11-13(2)12-16/h5-9,13H,3-4,10-12,16H2,1-2H3. The van der Waals surface area contributed by atoms with Crippen LogP contribution in [0.1, 0.15) is 33.1 Å². The van der Waals surface area contributed by atoms with E-state index in [0.717, 1.165) is 25.1 Å². The van der Waals surface area contributed by atoms with Gasteiger partial charge in [-0.15, -0.1) is 0 Å². The summed E-state index contributed by atoms with van der Waals surface area (Å²) >= 11 is 0. The largest absolute Gasteiger partial charge is 0.330 e. The molecule has 0 spiro atoms. The first-order valence-corrected chi connectivity index (χ1v) is 6.74. The minimum Gasteiger partial charge on any atom is -0.330 e. The Morgan fingerprint density at radius 1 is 1.33 bits per heavy atom. The predicted octanol–water partition coefficient (Wildman–Crippen LogP) is 2.80. The number of hydrogen-bond donors (Lipinski definition) is 1. The van der Waals surface area contributed by atoms with Gasteiger partial charge >= 0.3 is 0 Å². The van der Waals surface area contributed by atoms with Crippen LogP contribution in [0.4, 0.5) is 5.69 Å². The van der Waals surface area contributed by atoms with Crippen molar-refractivity contribution in [1.29, 1.82) is 0 Å². The van der Waals surface area contributed by atoms with Gasteiger partial charge in [0.2, 0.25) is 5.91 Å². The van der Waals surface area contributed by atoms with Gasteiger partial charge in [0.15, 0.2) is 0 Å². The normalized spacial score (nSPS) is 12.2. The Labute approximate surface area is 110 Å². The number of rotatable bonds is 7. The average molecular weight is 248 g/mol. The van der Waals surface area contributed by atoms with Crippen molar-refractivity contribution in [3.05, 3.63) is 30.3 Å². The highest BCUT2D eigenvalue weighted by atomic mass is 16.2. The van der Waals surface area contributed by atoms with Gasteiger partial charge in [-0.2, -0.15) is 0 Å². The van der Waals surface area contributed by atoms with Crippen molar-refractivity contribution in [1.82, 2.24) is 0 Å². The number of anilines is 1. The van der Waals surface area contributed by atoms with Gasteiger partial charge in [0.05, 0.1) is 0 Å². The molecule has 3 heteroatoms. The zero-order valence-corrected chi connectivity index (χ0v) is 11.4. The van der Waals surface area contributed by atoms with Gasteiger partial charge in [-0.05, 0) is 31.0 Å². The maximum atomic E-state index is 12.3. The van der Waals surface area contributed by atoms with Crippen LogP contribution in [-0.2, 0) is 4.79 Å². The smallest absolute Gasteiger partial charge is 0.227 e. The van der Waals surface area contributed by atoms with Gasteiger partial charge in [0, 0.05) is 18.7 Å². The quantitative estimate of drug-likeness (QED) is 0.806. The third-order valence-electron chi connectivity index (χ3n) is 3.03. The van der Waals surface area contributed by atoms with Crippen LogP contribution in [0.2, 0.25) is 0 Å². The van der Waals surface area contributed by atoms with Crippen molar-refractivity contribution in [3.8, 4) is 0 Å². The van der Waals surface area contributed by atoms with E-state index in [-0.39, 0.29) is 11.8 Å². The lowest BCUT2D eigenvalue weighted by atomic mass is 10.1. The van der Waals surface area contributed by atoms with Crippen molar-refractivity contribution in [2.45, 2.75) is 33.1 Å². The number of nitrogens with two attached hydrogens (primary N) is 1. The van der Waals surface area contributed by atoms with Gasteiger partial charge in [0.25, 0.3) is 0 Å². The second-order valence-electron chi connectivity index (χ2n) is 4.78. The van der Waals surface area contributed by atoms with Crippen LogP contribution >= 0.6 is 0 Å². The molecule has 0 saturated heterocycles. The summed E-state index contributed by atoms with van der Waals surface area (Å²) in [6, 6.07) is 9.87. The highest BCUT2D eigenvalue weighted by Crippen LogP contribution is 2.17. The number of hydrogen-bond acceptors (Lipinski definition) is 2. The second kappa shape index (κ2) is 7.88. The Kier molecular flexibility index (Phi) is 6.44. The number of para-hydroxylation sites is 1. The molecule has 1 unspecified atom stereocenters. The number of amides is 1. The highest BCUT2D eigenvalue weighted by Gasteiger charge is 2.17. The molecule has 1 atom stereocenters. The van der Waals surface area contributed by atoms with E-state index in [2.05, 4.69) is 6.92 Å². The van der Waals surface area contributed by atoms with Crippen molar-refractivity contribution in [2.75, 3.05) is 18.0 Å². The van der Waals surface area contributed by atoms with Crippen molar-refractivity contribution < 1.29 is 4.79 Å². The summed E-state index contributed by atoms with van der Waals surface area (Å²) in [5.41, 5.74) is 6.57. The number of unbranched alkanes of at least 4 members (excludes halogenated alkanes) is 1. The van der Waals surface area contributed by atoms with Crippen LogP contribution < -0.4 is 10.6 Å². The third-order valence-corrected chi connectivity index (χ3v) is 3.03. The molecule has 0 heterocycles. The van der Waals surface area contributed by atoms with Gasteiger partial charge in [-0.25, -0.2) is 0 Å². The summed E-state index contributed by atoms with van der Waals surface area (Å²) in [4.78, 5) is 14.2. The van der Waals surface area contributed by atoms with Gasteiger partial charge in [-0.3, -0.25) is 4.79 Å². The molecular formula is C15H24N2O. The fraction of sp³-hybridized carbons (Fsp3) is 0.533. The van der Waals surface area contributed by atoms with Crippen molar-refractivity contribution in [2.24, 2.45) is 11.7 Å². The Balaban J connectivity index is 2.75. The van der Waals surface area contributed by atoms with E-state index in [1.165, 1.54) is 0 Å². The van der Waals surface area contributed by atoms with E-state index in [9.17, 15) is 4.79 Å². The van der Waals surface area contributed by atoms with E-state index in [1.807, 2.05) is 42.2 Å². The molecular weight excluding hydrogens is 224 g/mol. The van der Waals surface area contributed by atoms with Crippen LogP contribution in [0.5, 0.6) is 0 Å². The maximum absolute atomic E-state index is 12.3. The lowest BCUT2D eigenvalue weighted by Crippen LogP contribution is -2.33. The molecule has 0 aliphatic heterocycles. The Morgan fingerprint density at radius 3 is 2.56 bits per heavy atom. The van der Waals surface area contributed by atoms with E-state index >= 15 is 0 Å². The van der Waals surface area contributed by atoms with Crippen LogP contribution in [0.15, 0.2) is 30.3 Å². The number of nitrogens with zero attached hydrogens (tertiary/aromatic N) is 1. The van der Waals surface area contributed by atoms with Crippen LogP contribution in [-0.4, -0.2) is 19.0 Å². The Bertz CT molecular complexity index is 351. The van der Waals surface area contributed by atoms with Crippen LogP contribution in [0, 0.1) is 5.92 Å². The predicted molar refractivity (Wildman–Crippen MR) is 76.5 cm³/mol. The summed E-state index contributed by atoms with van der Waals surface area (Å²) in [6.07, 6.45) is 2.63. The molecule has 1 amide bonds. The molecule has 2 N–H and O–H groups in total. The molecule has 1 aromatic rings. The molecule has 1 rings (SSSR count). The third kappa shape index (κ3) is 4.49. The fourth-order valence-corrected chi connectivity index (χ4v) is 1.81. The monoisotopic (exact) mass is 248 g/mol. The SMILES string of the molecule is CCCCN(C(=O)CC(C)CN)c1ccccc1. The minimum absolute atomic E-state index is 0.174. The number of benzene rings is 1. The zero-order chi connectivity index (χ0) is 13.4. The summed E-state index contributed by atoms with van der Waals surface area (Å²) in [7, 11) is 0. The molecule has 18 heavy (non-hydrogen) atoms. The zero-order valence-electron chi connectivity index (χ0n) is 11.4. The molecule has 100 valence electrons. The van der Waals surface area contributed by atoms with Crippen molar-refractivity contribution in [3.63, 3.8) is 0 Å². The molecule has 1 aromatic carbocycles. The summed E-state index contributed by atoms with van der Waals surface area (Å²) < 4.78 is 0. The lowest BCUT2D eigenvalue weighted by molar-refractivity contribution is -0.119. The van der Waals surface area contributed by atoms with E-state index in [0.29, 0.717) is 13.0 Å². The first-order chi connectivity index (χ1) is 8.69. The molecule has 0 aliphatic carbocycles. The van der Waals surface area contributed by atoms with Crippen molar-refractivity contribution >= 4 is 11.6 Å². The van der Waals surface area contributed by atoms with Crippen LogP contribution in [0.25, 0.3) is 0 Å². The molecule has 0 radical (unpaired) electrons. The van der Waals surface area contributed by atoms with E-state index in [1.54, 1.807) is 0 Å². The number of carbonyl (C=O) groups is 1. The summed E-state index contributed by atoms with van der Waals surface area (Å²) in [5.74, 6) is 0.415. The molecule has 0 aromatic heterocycles. The van der Waals surface area contributed by atoms with Gasteiger partial charge in [-0.1, -0.05) is 38.5 Å². The fourth-order valence-electron chi connectivity index (χ4n) is 1.81. The van der Waals surface area contributed by atoms with Crippen LogP contribution in [0.3, 0.4) is 0 Å². The highest BCUT2D eigenvalue weighted by molar-refractivity contribution is 5.93. The summed E-state index contributed by atoms with van der Waals surface area (Å²) in [6.45, 7) is 5.50. The van der Waals surface area contributed by atoms with Gasteiger partial charge < -0.3 is 10.6 Å².